The van der Waals surface area contributed by atoms with Crippen molar-refractivity contribution in [3.63, 3.8) is 0 Å². The predicted molar refractivity (Wildman–Crippen MR) is 44.9 cm³/mol. The van der Waals surface area contributed by atoms with Crippen LogP contribution in [0.4, 0.5) is 0 Å². The molecule has 0 unspecified atom stereocenters. The van der Waals surface area contributed by atoms with Gasteiger partial charge in [-0.05, 0) is 12.1 Å². The van der Waals surface area contributed by atoms with Crippen LogP contribution in [0.1, 0.15) is 5.56 Å². The first-order valence-electron chi connectivity index (χ1n) is 3.45. The van der Waals surface area contributed by atoms with E-state index in [1.807, 2.05) is 0 Å². The summed E-state index contributed by atoms with van der Waals surface area (Å²) in [6, 6.07) is 3.50. The first kappa shape index (κ1) is 6.74. The number of terminal acetylenes is 1. The summed E-state index contributed by atoms with van der Waals surface area (Å²) in [7, 11) is 0. The lowest BCUT2D eigenvalue weighted by molar-refractivity contribution is 0.200. The van der Waals surface area contributed by atoms with Crippen molar-refractivity contribution in [2.24, 2.45) is 0 Å². The summed E-state index contributed by atoms with van der Waals surface area (Å²) >= 11 is 0. The lowest BCUT2D eigenvalue weighted by Crippen LogP contribution is -1.85. The fourth-order valence-electron chi connectivity index (χ4n) is 1.15. The number of aromatic nitrogens is 2. The average molecular weight is 158 g/mol. The van der Waals surface area contributed by atoms with Crippen LogP contribution in [0.5, 0.6) is 0 Å². The Hall–Kier alpha value is -1.95. The second-order valence-electron chi connectivity index (χ2n) is 2.40. The Morgan fingerprint density at radius 1 is 1.58 bits per heavy atom. The number of rotatable bonds is 0. The van der Waals surface area contributed by atoms with Crippen LogP contribution in [0.2, 0.25) is 0 Å². The summed E-state index contributed by atoms with van der Waals surface area (Å²) in [5, 5.41) is 9.30. The predicted octanol–water partition coefficient (Wildman–Crippen LogP) is 1.25. The van der Waals surface area contributed by atoms with Gasteiger partial charge in [-0.1, -0.05) is 5.92 Å². The maximum Gasteiger partial charge on any atom is 0.107 e. The van der Waals surface area contributed by atoms with E-state index in [0.29, 0.717) is 16.6 Å². The standard InChI is InChI=1S/C9H6N2O/c1-2-7-6-11(12)8-4-3-5-10-9(7)8/h1,3-6,12H. The minimum absolute atomic E-state index is 0.605. The number of hydrogen-bond donors (Lipinski definition) is 1. The Morgan fingerprint density at radius 2 is 2.42 bits per heavy atom. The van der Waals surface area contributed by atoms with Gasteiger partial charge < -0.3 is 5.21 Å². The van der Waals surface area contributed by atoms with Crippen molar-refractivity contribution in [2.45, 2.75) is 0 Å². The summed E-state index contributed by atoms with van der Waals surface area (Å²) in [5.74, 6) is 2.45. The molecule has 2 heterocycles. The molecule has 0 aliphatic carbocycles. The molecule has 0 saturated carbocycles. The van der Waals surface area contributed by atoms with Crippen molar-refractivity contribution in [1.29, 1.82) is 0 Å². The van der Waals surface area contributed by atoms with Crippen molar-refractivity contribution in [2.75, 3.05) is 0 Å². The van der Waals surface area contributed by atoms with Crippen LogP contribution in [0.3, 0.4) is 0 Å². The first-order chi connectivity index (χ1) is 5.83. The third kappa shape index (κ3) is 0.753. The van der Waals surface area contributed by atoms with E-state index >= 15 is 0 Å². The Bertz CT molecular complexity index is 465. The monoisotopic (exact) mass is 158 g/mol. The molecule has 0 saturated heterocycles. The zero-order valence-electron chi connectivity index (χ0n) is 6.23. The fraction of sp³-hybridized carbons (Fsp3) is 0. The van der Waals surface area contributed by atoms with Crippen LogP contribution in [0.25, 0.3) is 11.0 Å². The van der Waals surface area contributed by atoms with Gasteiger partial charge in [0.2, 0.25) is 0 Å². The molecule has 2 aromatic rings. The molecule has 0 aliphatic heterocycles. The minimum Gasteiger partial charge on any atom is -0.428 e. The van der Waals surface area contributed by atoms with Gasteiger partial charge in [-0.25, -0.2) is 0 Å². The van der Waals surface area contributed by atoms with Crippen LogP contribution in [-0.4, -0.2) is 14.9 Å². The zero-order chi connectivity index (χ0) is 8.55. The quantitative estimate of drug-likeness (QED) is 0.463. The van der Waals surface area contributed by atoms with E-state index in [0.717, 1.165) is 4.73 Å². The molecule has 0 aliphatic rings. The molecule has 0 fully saturated rings. The lowest BCUT2D eigenvalue weighted by Gasteiger charge is -1.90. The van der Waals surface area contributed by atoms with Gasteiger partial charge in [0.1, 0.15) is 11.0 Å². The van der Waals surface area contributed by atoms with Crippen LogP contribution in [-0.2, 0) is 0 Å². The molecular formula is C9H6N2O. The van der Waals surface area contributed by atoms with Crippen molar-refractivity contribution in [1.82, 2.24) is 9.71 Å². The van der Waals surface area contributed by atoms with E-state index in [1.165, 1.54) is 6.20 Å². The van der Waals surface area contributed by atoms with Gasteiger partial charge in [-0.2, -0.15) is 4.73 Å². The summed E-state index contributed by atoms with van der Waals surface area (Å²) in [4.78, 5) is 4.05. The molecule has 3 nitrogen and oxygen atoms in total. The maximum absolute atomic E-state index is 9.30. The smallest absolute Gasteiger partial charge is 0.107 e. The van der Waals surface area contributed by atoms with E-state index in [-0.39, 0.29) is 0 Å². The lowest BCUT2D eigenvalue weighted by atomic mass is 10.3. The van der Waals surface area contributed by atoms with Gasteiger partial charge in [0.15, 0.2) is 0 Å². The molecule has 58 valence electrons. The molecule has 0 amide bonds. The average Bonchev–Trinajstić information content (AvgIpc) is 2.44. The highest BCUT2D eigenvalue weighted by atomic mass is 16.5. The Kier molecular flexibility index (Phi) is 1.28. The van der Waals surface area contributed by atoms with Crippen molar-refractivity contribution >= 4 is 11.0 Å². The third-order valence-corrected chi connectivity index (χ3v) is 1.70. The van der Waals surface area contributed by atoms with Crippen molar-refractivity contribution in [3.8, 4) is 12.3 Å². The van der Waals surface area contributed by atoms with Crippen molar-refractivity contribution in [3.05, 3.63) is 30.1 Å². The summed E-state index contributed by atoms with van der Waals surface area (Å²) in [5.41, 5.74) is 1.89. The Labute approximate surface area is 69.2 Å². The van der Waals surface area contributed by atoms with Gasteiger partial charge in [-0.15, -0.1) is 6.42 Å². The molecule has 2 rings (SSSR count). The van der Waals surface area contributed by atoms with Crippen LogP contribution < -0.4 is 0 Å². The number of pyridine rings is 1. The number of fused-ring (bicyclic) bond motifs is 1. The molecule has 12 heavy (non-hydrogen) atoms. The molecule has 1 N–H and O–H groups in total. The van der Waals surface area contributed by atoms with E-state index in [2.05, 4.69) is 10.9 Å². The topological polar surface area (TPSA) is 38.0 Å². The fourth-order valence-corrected chi connectivity index (χ4v) is 1.15. The molecule has 0 bridgehead atoms. The maximum atomic E-state index is 9.30. The second kappa shape index (κ2) is 2.28. The van der Waals surface area contributed by atoms with E-state index < -0.39 is 0 Å². The summed E-state index contributed by atoms with van der Waals surface area (Å²) in [6.07, 6.45) is 8.33. The largest absolute Gasteiger partial charge is 0.428 e. The SMILES string of the molecule is C#Cc1cn(O)c2cccnc12. The molecule has 0 spiro atoms. The third-order valence-electron chi connectivity index (χ3n) is 1.70. The highest BCUT2D eigenvalue weighted by molar-refractivity contribution is 5.82. The van der Waals surface area contributed by atoms with Gasteiger partial charge in [0.25, 0.3) is 0 Å². The van der Waals surface area contributed by atoms with Gasteiger partial charge in [-0.3, -0.25) is 4.98 Å². The molecule has 3 heteroatoms. The molecule has 0 atom stereocenters. The number of hydrogen-bond acceptors (Lipinski definition) is 2. The van der Waals surface area contributed by atoms with Crippen LogP contribution >= 0.6 is 0 Å². The highest BCUT2D eigenvalue weighted by Crippen LogP contribution is 2.15. The molecule has 2 aromatic heterocycles. The Balaban J connectivity index is 2.94. The first-order valence-corrected chi connectivity index (χ1v) is 3.45. The van der Waals surface area contributed by atoms with E-state index in [1.54, 1.807) is 18.3 Å². The van der Waals surface area contributed by atoms with Gasteiger partial charge in [0.05, 0.1) is 11.8 Å². The summed E-state index contributed by atoms with van der Waals surface area (Å²) in [6.45, 7) is 0. The number of nitrogens with zero attached hydrogens (tertiary/aromatic N) is 2. The second-order valence-corrected chi connectivity index (χ2v) is 2.40. The minimum atomic E-state index is 0.605. The van der Waals surface area contributed by atoms with E-state index in [9.17, 15) is 5.21 Å². The van der Waals surface area contributed by atoms with Crippen LogP contribution in [0, 0.1) is 12.3 Å². The van der Waals surface area contributed by atoms with Crippen LogP contribution in [0.15, 0.2) is 24.5 Å². The summed E-state index contributed by atoms with van der Waals surface area (Å²) < 4.78 is 0.984. The van der Waals surface area contributed by atoms with Gasteiger partial charge >= 0.3 is 0 Å². The molecule has 0 aromatic carbocycles. The zero-order valence-corrected chi connectivity index (χ0v) is 6.23. The van der Waals surface area contributed by atoms with E-state index in [4.69, 9.17) is 6.42 Å². The normalized spacial score (nSPS) is 9.92. The van der Waals surface area contributed by atoms with Gasteiger partial charge in [0, 0.05) is 6.20 Å². The highest BCUT2D eigenvalue weighted by Gasteiger charge is 2.05. The van der Waals surface area contributed by atoms with Crippen molar-refractivity contribution < 1.29 is 5.21 Å². The molecular weight excluding hydrogens is 152 g/mol. The Morgan fingerprint density at radius 3 is 3.17 bits per heavy atom. The molecule has 0 radical (unpaired) electrons.